The Hall–Kier alpha value is -1.37. The Balaban J connectivity index is 3.26. The second kappa shape index (κ2) is 4.01. The Morgan fingerprint density at radius 2 is 1.80 bits per heavy atom. The van der Waals surface area contributed by atoms with Crippen molar-refractivity contribution >= 4 is 16.8 Å². The van der Waals surface area contributed by atoms with Gasteiger partial charge in [0, 0.05) is 0 Å². The molecule has 7 heteroatoms. The van der Waals surface area contributed by atoms with Crippen molar-refractivity contribution < 1.29 is 27.3 Å². The van der Waals surface area contributed by atoms with Crippen LogP contribution < -0.4 is 0 Å². The molecule has 1 atom stereocenters. The zero-order valence-corrected chi connectivity index (χ0v) is 7.93. The number of carbonyl (C=O) groups is 1. The molecule has 0 bridgehead atoms. The van der Waals surface area contributed by atoms with Gasteiger partial charge >= 0.3 is 11.5 Å². The smallest absolute Gasteiger partial charge is 0.475 e. The van der Waals surface area contributed by atoms with Gasteiger partial charge in [-0.2, -0.15) is 13.2 Å². The Morgan fingerprint density at radius 1 is 1.27 bits per heavy atom. The monoisotopic (exact) mass is 238 g/mol. The molecule has 0 aliphatic rings. The van der Waals surface area contributed by atoms with Gasteiger partial charge in [-0.15, -0.1) is 0 Å². The van der Waals surface area contributed by atoms with E-state index in [9.17, 15) is 22.2 Å². The second-order valence-electron chi connectivity index (χ2n) is 2.52. The summed E-state index contributed by atoms with van der Waals surface area (Å²) in [5, 5.41) is 8.58. The first-order chi connectivity index (χ1) is 6.84. The van der Waals surface area contributed by atoms with Gasteiger partial charge < -0.3 is 5.11 Å². The molecule has 1 unspecified atom stereocenters. The standard InChI is InChI=1S/C8H5F3O3S/c9-8(10,11)15(14)6-4-2-1-3-5(6)7(12)13/h1-4H,(H,12,13). The fraction of sp³-hybridized carbons (Fsp3) is 0.125. The van der Waals surface area contributed by atoms with Gasteiger partial charge in [-0.3, -0.25) is 0 Å². The normalized spacial score (nSPS) is 13.5. The lowest BCUT2D eigenvalue weighted by Gasteiger charge is -2.08. The summed E-state index contributed by atoms with van der Waals surface area (Å²) >= 11 is 0. The summed E-state index contributed by atoms with van der Waals surface area (Å²) in [6, 6.07) is 4.32. The van der Waals surface area contributed by atoms with Crippen molar-refractivity contribution in [2.45, 2.75) is 10.4 Å². The summed E-state index contributed by atoms with van der Waals surface area (Å²) < 4.78 is 47.2. The van der Waals surface area contributed by atoms with Gasteiger partial charge in [0.25, 0.3) is 0 Å². The maximum absolute atomic E-state index is 12.1. The lowest BCUT2D eigenvalue weighted by Crippen LogP contribution is -2.18. The predicted octanol–water partition coefficient (Wildman–Crippen LogP) is 2.01. The lowest BCUT2D eigenvalue weighted by atomic mass is 10.2. The fourth-order valence-corrected chi connectivity index (χ4v) is 1.74. The van der Waals surface area contributed by atoms with Crippen molar-refractivity contribution in [1.29, 1.82) is 0 Å². The van der Waals surface area contributed by atoms with Crippen LogP contribution in [0.4, 0.5) is 13.2 Å². The first kappa shape index (κ1) is 11.7. The van der Waals surface area contributed by atoms with E-state index in [0.29, 0.717) is 0 Å². The molecule has 0 aliphatic carbocycles. The molecular weight excluding hydrogens is 233 g/mol. The Kier molecular flexibility index (Phi) is 3.13. The molecule has 1 aromatic carbocycles. The van der Waals surface area contributed by atoms with Crippen molar-refractivity contribution in [3.05, 3.63) is 29.8 Å². The van der Waals surface area contributed by atoms with Crippen LogP contribution in [0.25, 0.3) is 0 Å². The highest BCUT2D eigenvalue weighted by Gasteiger charge is 2.39. The fourth-order valence-electron chi connectivity index (χ4n) is 0.930. The van der Waals surface area contributed by atoms with Crippen LogP contribution in [0.2, 0.25) is 0 Å². The average molecular weight is 238 g/mol. The quantitative estimate of drug-likeness (QED) is 0.857. The number of hydrogen-bond acceptors (Lipinski definition) is 2. The minimum Gasteiger partial charge on any atom is -0.478 e. The molecule has 3 nitrogen and oxygen atoms in total. The molecule has 0 radical (unpaired) electrons. The van der Waals surface area contributed by atoms with Crippen molar-refractivity contribution in [2.24, 2.45) is 0 Å². The summed E-state index contributed by atoms with van der Waals surface area (Å²) in [5.41, 5.74) is -5.56. The van der Waals surface area contributed by atoms with Crippen LogP contribution in [0.15, 0.2) is 29.2 Å². The van der Waals surface area contributed by atoms with Crippen molar-refractivity contribution in [3.63, 3.8) is 0 Å². The number of carboxylic acids is 1. The maximum Gasteiger partial charge on any atom is 0.475 e. The molecule has 0 fully saturated rings. The molecule has 0 aliphatic heterocycles. The van der Waals surface area contributed by atoms with Gasteiger partial charge in [0.2, 0.25) is 0 Å². The van der Waals surface area contributed by atoms with Gasteiger partial charge in [-0.05, 0) is 12.1 Å². The van der Waals surface area contributed by atoms with Crippen LogP contribution in [0.3, 0.4) is 0 Å². The van der Waals surface area contributed by atoms with Crippen LogP contribution in [-0.2, 0) is 10.8 Å². The molecule has 0 saturated carbocycles. The molecule has 82 valence electrons. The summed E-state index contributed by atoms with van der Waals surface area (Å²) in [4.78, 5) is 9.81. The summed E-state index contributed by atoms with van der Waals surface area (Å²) in [5.74, 6) is -1.54. The highest BCUT2D eigenvalue weighted by atomic mass is 32.2. The number of alkyl halides is 3. The average Bonchev–Trinajstić information content (AvgIpc) is 2.15. The third-order valence-electron chi connectivity index (χ3n) is 1.53. The van der Waals surface area contributed by atoms with E-state index in [4.69, 9.17) is 5.11 Å². The molecule has 1 aromatic rings. The van der Waals surface area contributed by atoms with Gasteiger partial charge in [0.15, 0.2) is 10.8 Å². The van der Waals surface area contributed by atoms with Crippen molar-refractivity contribution in [2.75, 3.05) is 0 Å². The first-order valence-electron chi connectivity index (χ1n) is 3.65. The number of halogens is 3. The molecular formula is C8H5F3O3S. The highest BCUT2D eigenvalue weighted by Crippen LogP contribution is 2.28. The van der Waals surface area contributed by atoms with Crippen LogP contribution in [-0.4, -0.2) is 20.8 Å². The van der Waals surface area contributed by atoms with Gasteiger partial charge in [-0.1, -0.05) is 12.1 Å². The molecule has 0 spiro atoms. The number of carboxylic acid groups (broad SMARTS) is 1. The SMILES string of the molecule is O=C(O)c1ccccc1S(=O)C(F)(F)F. The zero-order chi connectivity index (χ0) is 11.6. The van der Waals surface area contributed by atoms with Crippen molar-refractivity contribution in [3.8, 4) is 0 Å². The van der Waals surface area contributed by atoms with Crippen LogP contribution in [0.5, 0.6) is 0 Å². The molecule has 0 aromatic heterocycles. The molecule has 0 saturated heterocycles. The number of aromatic carboxylic acids is 1. The Bertz CT molecular complexity index is 414. The van der Waals surface area contributed by atoms with Crippen LogP contribution in [0, 0.1) is 0 Å². The predicted molar refractivity (Wildman–Crippen MR) is 45.9 cm³/mol. The van der Waals surface area contributed by atoms with E-state index in [1.54, 1.807) is 0 Å². The van der Waals surface area contributed by atoms with E-state index in [1.165, 1.54) is 12.1 Å². The minimum absolute atomic E-state index is 0.604. The van der Waals surface area contributed by atoms with E-state index < -0.39 is 32.7 Å². The van der Waals surface area contributed by atoms with Crippen LogP contribution in [0.1, 0.15) is 10.4 Å². The number of benzene rings is 1. The third-order valence-corrected chi connectivity index (χ3v) is 2.70. The maximum atomic E-state index is 12.1. The molecule has 1 rings (SSSR count). The van der Waals surface area contributed by atoms with Crippen molar-refractivity contribution in [1.82, 2.24) is 0 Å². The molecule has 0 heterocycles. The summed E-state index contributed by atoms with van der Waals surface area (Å²) in [6.45, 7) is 0. The zero-order valence-electron chi connectivity index (χ0n) is 7.12. The summed E-state index contributed by atoms with van der Waals surface area (Å²) in [6.07, 6.45) is 0. The molecule has 1 N–H and O–H groups in total. The third kappa shape index (κ3) is 2.56. The topological polar surface area (TPSA) is 54.4 Å². The van der Waals surface area contributed by atoms with Gasteiger partial charge in [0.1, 0.15) is 0 Å². The highest BCUT2D eigenvalue weighted by molar-refractivity contribution is 7.86. The van der Waals surface area contributed by atoms with E-state index in [-0.39, 0.29) is 0 Å². The van der Waals surface area contributed by atoms with Gasteiger partial charge in [0.05, 0.1) is 10.5 Å². The summed E-state index contributed by atoms with van der Waals surface area (Å²) in [7, 11) is -3.31. The van der Waals surface area contributed by atoms with E-state index >= 15 is 0 Å². The van der Waals surface area contributed by atoms with E-state index in [0.717, 1.165) is 12.1 Å². The number of hydrogen-bond donors (Lipinski definition) is 1. The van der Waals surface area contributed by atoms with Gasteiger partial charge in [-0.25, -0.2) is 9.00 Å². The lowest BCUT2D eigenvalue weighted by molar-refractivity contribution is -0.0384. The van der Waals surface area contributed by atoms with E-state index in [1.807, 2.05) is 0 Å². The molecule has 15 heavy (non-hydrogen) atoms. The Morgan fingerprint density at radius 3 is 2.27 bits per heavy atom. The second-order valence-corrected chi connectivity index (χ2v) is 3.96. The number of rotatable bonds is 2. The minimum atomic E-state index is -4.95. The molecule has 0 amide bonds. The first-order valence-corrected chi connectivity index (χ1v) is 4.80. The van der Waals surface area contributed by atoms with Crippen LogP contribution >= 0.6 is 0 Å². The largest absolute Gasteiger partial charge is 0.478 e. The Labute approximate surface area is 85.0 Å². The van der Waals surface area contributed by atoms with E-state index in [2.05, 4.69) is 0 Å².